The predicted octanol–water partition coefficient (Wildman–Crippen LogP) is 1.85. The zero-order chi connectivity index (χ0) is 14.0. The lowest BCUT2D eigenvalue weighted by molar-refractivity contribution is 0.393. The van der Waals surface area contributed by atoms with Crippen LogP contribution in [0.1, 0.15) is 39.4 Å². The minimum absolute atomic E-state index is 0.00908. The van der Waals surface area contributed by atoms with Gasteiger partial charge in [0.1, 0.15) is 5.76 Å². The summed E-state index contributed by atoms with van der Waals surface area (Å²) in [5, 5.41) is 3.20. The van der Waals surface area contributed by atoms with E-state index in [1.54, 1.807) is 6.07 Å². The molecule has 5 nitrogen and oxygen atoms in total. The van der Waals surface area contributed by atoms with Crippen LogP contribution in [0.4, 0.5) is 0 Å². The van der Waals surface area contributed by atoms with Crippen LogP contribution in [-0.2, 0) is 16.6 Å². The van der Waals surface area contributed by atoms with E-state index in [0.29, 0.717) is 24.3 Å². The van der Waals surface area contributed by atoms with Crippen molar-refractivity contribution in [3.63, 3.8) is 0 Å². The van der Waals surface area contributed by atoms with Gasteiger partial charge in [0.2, 0.25) is 5.09 Å². The summed E-state index contributed by atoms with van der Waals surface area (Å²) in [6.07, 6.45) is 1.94. The standard InChI is InChI=1S/C13H22N2O3S/c1-4-10-7-12(10)15-19(16,17)13-6-5-11(18-13)8-14-9(2)3/h5-6,9-10,12,14-15H,4,7-8H2,1-3H3. The Labute approximate surface area is 114 Å². The van der Waals surface area contributed by atoms with E-state index in [9.17, 15) is 8.42 Å². The van der Waals surface area contributed by atoms with Crippen LogP contribution in [0.5, 0.6) is 0 Å². The highest BCUT2D eigenvalue weighted by atomic mass is 32.2. The van der Waals surface area contributed by atoms with Crippen LogP contribution in [0.15, 0.2) is 21.6 Å². The Kier molecular flexibility index (Phi) is 4.32. The van der Waals surface area contributed by atoms with Gasteiger partial charge in [-0.15, -0.1) is 0 Å². The molecule has 0 radical (unpaired) electrons. The van der Waals surface area contributed by atoms with Crippen molar-refractivity contribution in [3.8, 4) is 0 Å². The Morgan fingerprint density at radius 1 is 1.42 bits per heavy atom. The van der Waals surface area contributed by atoms with E-state index in [1.807, 2.05) is 13.8 Å². The molecule has 19 heavy (non-hydrogen) atoms. The number of sulfonamides is 1. The van der Waals surface area contributed by atoms with E-state index in [4.69, 9.17) is 4.42 Å². The Bertz CT molecular complexity index is 522. The van der Waals surface area contributed by atoms with Crippen LogP contribution in [0.2, 0.25) is 0 Å². The topological polar surface area (TPSA) is 71.3 Å². The molecule has 0 saturated heterocycles. The van der Waals surface area contributed by atoms with E-state index >= 15 is 0 Å². The summed E-state index contributed by atoms with van der Waals surface area (Å²) in [6, 6.07) is 3.63. The maximum absolute atomic E-state index is 12.1. The van der Waals surface area contributed by atoms with Crippen LogP contribution in [0, 0.1) is 5.92 Å². The minimum atomic E-state index is -3.50. The predicted molar refractivity (Wildman–Crippen MR) is 73.2 cm³/mol. The molecule has 108 valence electrons. The molecule has 0 amide bonds. The fraction of sp³-hybridized carbons (Fsp3) is 0.692. The Hall–Kier alpha value is -0.850. The SMILES string of the molecule is CCC1CC1NS(=O)(=O)c1ccc(CNC(C)C)o1. The Morgan fingerprint density at radius 2 is 2.16 bits per heavy atom. The maximum atomic E-state index is 12.1. The molecule has 2 atom stereocenters. The van der Waals surface area contributed by atoms with Gasteiger partial charge in [-0.25, -0.2) is 13.1 Å². The summed E-state index contributed by atoms with van der Waals surface area (Å²) in [5.41, 5.74) is 0. The highest BCUT2D eigenvalue weighted by Crippen LogP contribution is 2.34. The van der Waals surface area contributed by atoms with Gasteiger partial charge >= 0.3 is 0 Å². The first kappa shape index (κ1) is 14.6. The van der Waals surface area contributed by atoms with Crippen LogP contribution in [-0.4, -0.2) is 20.5 Å². The molecule has 0 spiro atoms. The molecule has 6 heteroatoms. The van der Waals surface area contributed by atoms with Crippen LogP contribution >= 0.6 is 0 Å². The van der Waals surface area contributed by atoms with E-state index in [2.05, 4.69) is 17.0 Å². The Morgan fingerprint density at radius 3 is 2.74 bits per heavy atom. The van der Waals surface area contributed by atoms with E-state index in [1.165, 1.54) is 6.07 Å². The van der Waals surface area contributed by atoms with Gasteiger partial charge in [-0.2, -0.15) is 0 Å². The zero-order valence-corrected chi connectivity index (χ0v) is 12.5. The summed E-state index contributed by atoms with van der Waals surface area (Å²) in [7, 11) is -3.50. The molecule has 2 unspecified atom stereocenters. The molecule has 0 aliphatic heterocycles. The summed E-state index contributed by atoms with van der Waals surface area (Å²) in [6.45, 7) is 6.66. The molecule has 0 bridgehead atoms. The van der Waals surface area contributed by atoms with Gasteiger partial charge in [-0.3, -0.25) is 0 Å². The van der Waals surface area contributed by atoms with Crippen LogP contribution in [0.25, 0.3) is 0 Å². The molecule has 2 N–H and O–H groups in total. The summed E-state index contributed by atoms with van der Waals surface area (Å²) < 4.78 is 32.2. The molecule has 1 aliphatic carbocycles. The van der Waals surface area contributed by atoms with Gasteiger partial charge in [0.15, 0.2) is 0 Å². The quantitative estimate of drug-likeness (QED) is 0.802. The zero-order valence-electron chi connectivity index (χ0n) is 11.6. The average molecular weight is 286 g/mol. The molecule has 1 aliphatic rings. The second kappa shape index (κ2) is 5.64. The fourth-order valence-corrected chi connectivity index (χ4v) is 3.27. The van der Waals surface area contributed by atoms with Crippen molar-refractivity contribution in [1.29, 1.82) is 0 Å². The molecule has 1 fully saturated rings. The van der Waals surface area contributed by atoms with Gasteiger partial charge in [-0.1, -0.05) is 27.2 Å². The third-order valence-electron chi connectivity index (χ3n) is 3.34. The van der Waals surface area contributed by atoms with Crippen molar-refractivity contribution in [2.75, 3.05) is 0 Å². The number of rotatable bonds is 7. The van der Waals surface area contributed by atoms with Gasteiger partial charge in [-0.05, 0) is 24.5 Å². The van der Waals surface area contributed by atoms with E-state index < -0.39 is 10.0 Å². The van der Waals surface area contributed by atoms with Crippen molar-refractivity contribution in [2.45, 2.75) is 57.3 Å². The maximum Gasteiger partial charge on any atom is 0.274 e. The molecule has 0 aromatic carbocycles. The number of hydrogen-bond donors (Lipinski definition) is 2. The molecule has 1 aromatic rings. The fourth-order valence-electron chi connectivity index (χ4n) is 2.00. The van der Waals surface area contributed by atoms with E-state index in [0.717, 1.165) is 12.8 Å². The summed E-state index contributed by atoms with van der Waals surface area (Å²) >= 11 is 0. The smallest absolute Gasteiger partial charge is 0.274 e. The lowest BCUT2D eigenvalue weighted by Crippen LogP contribution is -2.26. The van der Waals surface area contributed by atoms with Crippen molar-refractivity contribution in [1.82, 2.24) is 10.0 Å². The third-order valence-corrected chi connectivity index (χ3v) is 4.70. The van der Waals surface area contributed by atoms with Crippen LogP contribution in [0.3, 0.4) is 0 Å². The first-order valence-corrected chi connectivity index (χ1v) is 8.25. The first-order chi connectivity index (χ1) is 8.92. The summed E-state index contributed by atoms with van der Waals surface area (Å²) in [4.78, 5) is 0. The first-order valence-electron chi connectivity index (χ1n) is 6.76. The second-order valence-corrected chi connectivity index (χ2v) is 7.03. The Balaban J connectivity index is 1.97. The van der Waals surface area contributed by atoms with Crippen LogP contribution < -0.4 is 10.0 Å². The second-order valence-electron chi connectivity index (χ2n) is 5.39. The van der Waals surface area contributed by atoms with Gasteiger partial charge in [0, 0.05) is 12.1 Å². The number of nitrogens with one attached hydrogen (secondary N) is 2. The third kappa shape index (κ3) is 3.81. The largest absolute Gasteiger partial charge is 0.447 e. The monoisotopic (exact) mass is 286 g/mol. The lowest BCUT2D eigenvalue weighted by atomic mass is 10.3. The molecule has 2 rings (SSSR count). The molecule has 1 saturated carbocycles. The average Bonchev–Trinajstić information content (AvgIpc) is 2.89. The molecular formula is C13H22N2O3S. The van der Waals surface area contributed by atoms with Crippen molar-refractivity contribution < 1.29 is 12.8 Å². The van der Waals surface area contributed by atoms with Crippen molar-refractivity contribution in [3.05, 3.63) is 17.9 Å². The van der Waals surface area contributed by atoms with Gasteiger partial charge < -0.3 is 9.73 Å². The molecule has 1 aromatic heterocycles. The highest BCUT2D eigenvalue weighted by Gasteiger charge is 2.39. The lowest BCUT2D eigenvalue weighted by Gasteiger charge is -2.05. The minimum Gasteiger partial charge on any atom is -0.447 e. The van der Waals surface area contributed by atoms with E-state index in [-0.39, 0.29) is 11.1 Å². The number of hydrogen-bond acceptors (Lipinski definition) is 4. The molecular weight excluding hydrogens is 264 g/mol. The van der Waals surface area contributed by atoms with Crippen molar-refractivity contribution >= 4 is 10.0 Å². The van der Waals surface area contributed by atoms with Crippen molar-refractivity contribution in [2.24, 2.45) is 5.92 Å². The van der Waals surface area contributed by atoms with Gasteiger partial charge in [0.05, 0.1) is 6.54 Å². The molecule has 1 heterocycles. The normalized spacial score (nSPS) is 22.9. The number of furan rings is 1. The van der Waals surface area contributed by atoms with Gasteiger partial charge in [0.25, 0.3) is 10.0 Å². The summed E-state index contributed by atoms with van der Waals surface area (Å²) in [5.74, 6) is 1.11. The highest BCUT2D eigenvalue weighted by molar-refractivity contribution is 7.89.